The summed E-state index contributed by atoms with van der Waals surface area (Å²) in [5.41, 5.74) is 8.73. The van der Waals surface area contributed by atoms with Crippen LogP contribution in [0, 0.1) is 13.8 Å². The standard InChI is InChI=1S/C26H27N3O3S/c1-17-12-20(13-18(2)25(17)29-8-10-32-11-9-29)21-14-23-24(16-28-26(23)27-15-21)19-4-6-22(7-5-19)33(3,30)31/h4-7,12-16H,8-11H2,1-3H3,(H,27,28). The van der Waals surface area contributed by atoms with Crippen molar-refractivity contribution in [3.63, 3.8) is 0 Å². The number of hydrogen-bond donors (Lipinski definition) is 1. The predicted octanol–water partition coefficient (Wildman–Crippen LogP) is 4.75. The van der Waals surface area contributed by atoms with Gasteiger partial charge < -0.3 is 14.6 Å². The van der Waals surface area contributed by atoms with Gasteiger partial charge in [-0.05, 0) is 66.4 Å². The fourth-order valence-corrected chi connectivity index (χ4v) is 5.32. The Bertz CT molecular complexity index is 1410. The minimum Gasteiger partial charge on any atom is -0.378 e. The Labute approximate surface area is 194 Å². The van der Waals surface area contributed by atoms with E-state index >= 15 is 0 Å². The summed E-state index contributed by atoms with van der Waals surface area (Å²) in [6.45, 7) is 7.70. The summed E-state index contributed by atoms with van der Waals surface area (Å²) in [6.07, 6.45) is 5.05. The highest BCUT2D eigenvalue weighted by atomic mass is 32.2. The molecule has 1 fully saturated rings. The lowest BCUT2D eigenvalue weighted by Gasteiger charge is -2.31. The zero-order chi connectivity index (χ0) is 23.2. The van der Waals surface area contributed by atoms with Gasteiger partial charge in [0, 0.05) is 53.9 Å². The van der Waals surface area contributed by atoms with E-state index in [1.165, 1.54) is 23.1 Å². The molecule has 5 rings (SSSR count). The van der Waals surface area contributed by atoms with Gasteiger partial charge in [-0.15, -0.1) is 0 Å². The van der Waals surface area contributed by atoms with E-state index in [0.717, 1.165) is 59.6 Å². The van der Waals surface area contributed by atoms with Gasteiger partial charge in [0.05, 0.1) is 18.1 Å². The zero-order valence-electron chi connectivity index (χ0n) is 19.1. The molecule has 0 spiro atoms. The molecule has 0 aliphatic carbocycles. The Hall–Kier alpha value is -3.16. The molecule has 2 aromatic heterocycles. The molecule has 0 saturated carbocycles. The maximum Gasteiger partial charge on any atom is 0.175 e. The van der Waals surface area contributed by atoms with Crippen molar-refractivity contribution in [2.45, 2.75) is 18.7 Å². The second-order valence-electron chi connectivity index (χ2n) is 8.68. The van der Waals surface area contributed by atoms with Gasteiger partial charge >= 0.3 is 0 Å². The van der Waals surface area contributed by atoms with Gasteiger partial charge in [-0.1, -0.05) is 12.1 Å². The van der Waals surface area contributed by atoms with Crippen LogP contribution in [0.2, 0.25) is 0 Å². The summed E-state index contributed by atoms with van der Waals surface area (Å²) in [7, 11) is -3.22. The third-order valence-electron chi connectivity index (χ3n) is 6.28. The van der Waals surface area contributed by atoms with Gasteiger partial charge in [-0.25, -0.2) is 13.4 Å². The first-order valence-electron chi connectivity index (χ1n) is 11.0. The number of morpholine rings is 1. The van der Waals surface area contributed by atoms with E-state index in [-0.39, 0.29) is 0 Å². The number of sulfone groups is 1. The second-order valence-corrected chi connectivity index (χ2v) is 10.7. The molecule has 1 aliphatic rings. The molecule has 1 aliphatic heterocycles. The number of H-pyrrole nitrogens is 1. The van der Waals surface area contributed by atoms with Crippen LogP contribution in [0.3, 0.4) is 0 Å². The molecule has 0 radical (unpaired) electrons. The Balaban J connectivity index is 1.54. The monoisotopic (exact) mass is 461 g/mol. The van der Waals surface area contributed by atoms with Gasteiger partial charge in [0.1, 0.15) is 5.65 Å². The van der Waals surface area contributed by atoms with Crippen LogP contribution in [0.15, 0.2) is 59.8 Å². The third-order valence-corrected chi connectivity index (χ3v) is 7.40. The second kappa shape index (κ2) is 8.32. The van der Waals surface area contributed by atoms with Crippen molar-refractivity contribution >= 4 is 26.6 Å². The number of hydrogen-bond acceptors (Lipinski definition) is 5. The Kier molecular flexibility index (Phi) is 5.46. The van der Waals surface area contributed by atoms with Crippen LogP contribution in [0.25, 0.3) is 33.3 Å². The van der Waals surface area contributed by atoms with E-state index < -0.39 is 9.84 Å². The molecule has 0 atom stereocenters. The predicted molar refractivity (Wildman–Crippen MR) is 133 cm³/mol. The minimum absolute atomic E-state index is 0.316. The van der Waals surface area contributed by atoms with Gasteiger partial charge in [-0.3, -0.25) is 0 Å². The number of fused-ring (bicyclic) bond motifs is 1. The highest BCUT2D eigenvalue weighted by Crippen LogP contribution is 2.35. The number of aryl methyl sites for hydroxylation is 2. The van der Waals surface area contributed by atoms with E-state index in [1.54, 1.807) is 12.1 Å². The van der Waals surface area contributed by atoms with E-state index in [4.69, 9.17) is 4.74 Å². The number of pyridine rings is 1. The topological polar surface area (TPSA) is 75.3 Å². The number of benzene rings is 2. The lowest BCUT2D eigenvalue weighted by Crippen LogP contribution is -2.37. The number of ether oxygens (including phenoxy) is 1. The van der Waals surface area contributed by atoms with Crippen molar-refractivity contribution in [2.24, 2.45) is 0 Å². The third kappa shape index (κ3) is 4.14. The van der Waals surface area contributed by atoms with Crippen LogP contribution in [-0.2, 0) is 14.6 Å². The molecule has 0 unspecified atom stereocenters. The molecule has 33 heavy (non-hydrogen) atoms. The zero-order valence-corrected chi connectivity index (χ0v) is 19.9. The number of rotatable bonds is 4. The molecule has 0 amide bonds. The van der Waals surface area contributed by atoms with Crippen molar-refractivity contribution in [3.8, 4) is 22.3 Å². The van der Waals surface area contributed by atoms with E-state index in [2.05, 4.69) is 46.9 Å². The van der Waals surface area contributed by atoms with Gasteiger partial charge in [0.2, 0.25) is 0 Å². The average molecular weight is 462 g/mol. The smallest absolute Gasteiger partial charge is 0.175 e. The summed E-state index contributed by atoms with van der Waals surface area (Å²) in [6, 6.07) is 13.6. The van der Waals surface area contributed by atoms with E-state index in [0.29, 0.717) is 4.90 Å². The van der Waals surface area contributed by atoms with Crippen LogP contribution in [0.4, 0.5) is 5.69 Å². The van der Waals surface area contributed by atoms with Crippen molar-refractivity contribution in [1.82, 2.24) is 9.97 Å². The molecular formula is C26H27N3O3S. The van der Waals surface area contributed by atoms with E-state index in [9.17, 15) is 8.42 Å². The SMILES string of the molecule is Cc1cc(-c2cnc3[nH]cc(-c4ccc(S(C)(=O)=O)cc4)c3c2)cc(C)c1N1CCOCC1. The van der Waals surface area contributed by atoms with Gasteiger partial charge in [-0.2, -0.15) is 0 Å². The maximum absolute atomic E-state index is 11.8. The molecule has 6 nitrogen and oxygen atoms in total. The van der Waals surface area contributed by atoms with Gasteiger partial charge in [0.15, 0.2) is 9.84 Å². The fourth-order valence-electron chi connectivity index (χ4n) is 4.69. The summed E-state index contributed by atoms with van der Waals surface area (Å²) in [5, 5.41) is 1.01. The number of nitrogens with one attached hydrogen (secondary N) is 1. The van der Waals surface area contributed by atoms with Gasteiger partial charge in [0.25, 0.3) is 0 Å². The van der Waals surface area contributed by atoms with E-state index in [1.807, 2.05) is 24.5 Å². The Morgan fingerprint density at radius 1 is 0.939 bits per heavy atom. The average Bonchev–Trinajstić information content (AvgIpc) is 3.22. The maximum atomic E-state index is 11.8. The Morgan fingerprint density at radius 3 is 2.24 bits per heavy atom. The molecule has 3 heterocycles. The fraction of sp³-hybridized carbons (Fsp3) is 0.269. The molecule has 170 valence electrons. The first-order chi connectivity index (χ1) is 15.8. The van der Waals surface area contributed by atoms with Crippen molar-refractivity contribution in [3.05, 3.63) is 66.0 Å². The first-order valence-corrected chi connectivity index (χ1v) is 12.9. The largest absolute Gasteiger partial charge is 0.378 e. The lowest BCUT2D eigenvalue weighted by molar-refractivity contribution is 0.122. The molecule has 0 bridgehead atoms. The lowest BCUT2D eigenvalue weighted by atomic mass is 9.97. The van der Waals surface area contributed by atoms with Crippen molar-refractivity contribution in [1.29, 1.82) is 0 Å². The molecule has 1 N–H and O–H groups in total. The number of nitrogens with zero attached hydrogens (tertiary/aromatic N) is 2. The van der Waals surface area contributed by atoms with Crippen LogP contribution in [0.1, 0.15) is 11.1 Å². The van der Waals surface area contributed by atoms with Crippen molar-refractivity contribution < 1.29 is 13.2 Å². The molecule has 2 aromatic carbocycles. The number of anilines is 1. The van der Waals surface area contributed by atoms with Crippen molar-refractivity contribution in [2.75, 3.05) is 37.5 Å². The normalized spacial score (nSPS) is 14.7. The quantitative estimate of drug-likeness (QED) is 0.475. The Morgan fingerprint density at radius 2 is 1.61 bits per heavy atom. The summed E-state index contributed by atoms with van der Waals surface area (Å²) in [4.78, 5) is 10.6. The highest BCUT2D eigenvalue weighted by molar-refractivity contribution is 7.90. The minimum atomic E-state index is -3.22. The number of aromatic nitrogens is 2. The first kappa shape index (κ1) is 21.7. The highest BCUT2D eigenvalue weighted by Gasteiger charge is 2.17. The van der Waals surface area contributed by atoms with Crippen LogP contribution < -0.4 is 4.90 Å². The molecular weight excluding hydrogens is 434 g/mol. The van der Waals surface area contributed by atoms with Crippen LogP contribution in [-0.4, -0.2) is 50.9 Å². The molecule has 4 aromatic rings. The molecule has 1 saturated heterocycles. The summed E-state index contributed by atoms with van der Waals surface area (Å²) in [5.74, 6) is 0. The van der Waals surface area contributed by atoms with Crippen LogP contribution in [0.5, 0.6) is 0 Å². The van der Waals surface area contributed by atoms with Crippen LogP contribution >= 0.6 is 0 Å². The molecule has 7 heteroatoms. The summed E-state index contributed by atoms with van der Waals surface area (Å²) >= 11 is 0. The summed E-state index contributed by atoms with van der Waals surface area (Å²) < 4.78 is 29.1. The number of aromatic amines is 1.